The maximum atomic E-state index is 8.56. The maximum absolute atomic E-state index is 8.56. The number of aryl methyl sites for hydroxylation is 1. The fourth-order valence-corrected chi connectivity index (χ4v) is 15.7. The summed E-state index contributed by atoms with van der Waals surface area (Å²) in [6.45, 7) is 52.6. The van der Waals surface area contributed by atoms with Gasteiger partial charge in [-0.1, -0.05) is 218 Å². The van der Waals surface area contributed by atoms with E-state index in [1.54, 1.807) is 0 Å². The van der Waals surface area contributed by atoms with Crippen molar-refractivity contribution >= 4 is 67.1 Å². The van der Waals surface area contributed by atoms with Gasteiger partial charge in [0.15, 0.2) is 0 Å². The van der Waals surface area contributed by atoms with E-state index in [2.05, 4.69) is 289 Å². The minimum Gasteiger partial charge on any atom is -0.308 e. The number of benzene rings is 7. The lowest BCUT2D eigenvalue weighted by atomic mass is 9.56. The number of hydrogen-bond donors (Lipinski definition) is 0. The van der Waals surface area contributed by atoms with E-state index in [1.807, 2.05) is 11.3 Å². The first kappa shape index (κ1) is 59.1. The minimum absolute atomic E-state index is 0.00314. The molecule has 0 saturated carbocycles. The molecule has 0 spiro atoms. The molecule has 434 valence electrons. The van der Waals surface area contributed by atoms with Gasteiger partial charge in [-0.15, -0.1) is 11.3 Å². The van der Waals surface area contributed by atoms with E-state index in [9.17, 15) is 0 Å². The van der Waals surface area contributed by atoms with Gasteiger partial charge >= 0.3 is 0 Å². The molecule has 3 aliphatic rings. The van der Waals surface area contributed by atoms with E-state index in [1.165, 1.54) is 95.3 Å². The Morgan fingerprint density at radius 3 is 1.31 bits per heavy atom. The molecule has 2 nitrogen and oxygen atoms in total. The van der Waals surface area contributed by atoms with Crippen LogP contribution < -0.4 is 9.80 Å². The second-order valence-corrected chi connectivity index (χ2v) is 33.7. The Hall–Kier alpha value is -5.61. The standard InChI is InChI=1S/C79H95ClN2S/c1-48-39-66(70(80)67(40-48)82(68-47-83-69-34-28-52(42-56(68)69)73(8,9)10)53-29-31-57-59(43-53)75(13,14)36-35-74(57,11)12)81(65-33-27-51(72(5,6)7)41-55(65)49-23-25-50(26-24-49)71(2,3)4)54-30-32-58-62(44-54)79(21,22)64-46-61-60(45-63(64)78(58,19)20)76(15,16)37-38-77(61,17)18/h23-34,39-47H,35-38H2,1-22H3. The summed E-state index contributed by atoms with van der Waals surface area (Å²) in [5.74, 6) is 0. The molecule has 0 amide bonds. The molecule has 0 N–H and O–H groups in total. The fourth-order valence-electron chi connectivity index (χ4n) is 14.5. The predicted octanol–water partition coefficient (Wildman–Crippen LogP) is 24.0. The van der Waals surface area contributed by atoms with Crippen LogP contribution in [0.4, 0.5) is 34.1 Å². The van der Waals surface area contributed by atoms with Crippen LogP contribution in [0.5, 0.6) is 0 Å². The molecule has 3 aliphatic carbocycles. The van der Waals surface area contributed by atoms with Crippen LogP contribution in [0.15, 0.2) is 127 Å². The molecule has 1 heterocycles. The largest absolute Gasteiger partial charge is 0.308 e. The van der Waals surface area contributed by atoms with Crippen LogP contribution in [0.1, 0.15) is 238 Å². The van der Waals surface area contributed by atoms with Gasteiger partial charge in [0.2, 0.25) is 0 Å². The molecule has 7 aromatic carbocycles. The highest BCUT2D eigenvalue weighted by atomic mass is 35.5. The van der Waals surface area contributed by atoms with Crippen LogP contribution >= 0.6 is 22.9 Å². The number of nitrogens with zero attached hydrogens (tertiary/aromatic N) is 2. The van der Waals surface area contributed by atoms with E-state index in [0.717, 1.165) is 52.5 Å². The Bertz CT molecular complexity index is 3890. The number of rotatable bonds is 7. The zero-order chi connectivity index (χ0) is 60.3. The Morgan fingerprint density at radius 2 is 0.795 bits per heavy atom. The second kappa shape index (κ2) is 19.5. The van der Waals surface area contributed by atoms with E-state index < -0.39 is 0 Å². The summed E-state index contributed by atoms with van der Waals surface area (Å²) in [5, 5.41) is 4.31. The van der Waals surface area contributed by atoms with Gasteiger partial charge in [0.25, 0.3) is 0 Å². The van der Waals surface area contributed by atoms with Crippen LogP contribution in [-0.2, 0) is 48.7 Å². The number of anilines is 6. The number of halogens is 1. The molecule has 0 saturated heterocycles. The molecule has 0 bridgehead atoms. The summed E-state index contributed by atoms with van der Waals surface area (Å²) in [7, 11) is 0. The van der Waals surface area contributed by atoms with Crippen molar-refractivity contribution in [2.45, 2.75) is 227 Å². The molecule has 4 heteroatoms. The zero-order valence-corrected chi connectivity index (χ0v) is 56.2. The van der Waals surface area contributed by atoms with Gasteiger partial charge in [-0.05, 0) is 204 Å². The zero-order valence-electron chi connectivity index (χ0n) is 54.6. The Balaban J connectivity index is 1.21. The first-order valence-corrected chi connectivity index (χ1v) is 32.3. The van der Waals surface area contributed by atoms with E-state index in [0.29, 0.717) is 5.02 Å². The average molecular weight is 1140 g/mol. The molecular weight excluding hydrogens is 1040 g/mol. The third-order valence-electron chi connectivity index (χ3n) is 20.5. The summed E-state index contributed by atoms with van der Waals surface area (Å²) in [6, 6.07) is 48.4. The summed E-state index contributed by atoms with van der Waals surface area (Å²) >= 11 is 10.4. The van der Waals surface area contributed by atoms with Crippen LogP contribution in [0, 0.1) is 6.92 Å². The molecule has 0 atom stereocenters. The lowest BCUT2D eigenvalue weighted by molar-refractivity contribution is 0.329. The van der Waals surface area contributed by atoms with Crippen LogP contribution in [0.25, 0.3) is 21.2 Å². The fraction of sp³-hybridized carbons (Fsp3) is 0.443. The van der Waals surface area contributed by atoms with Gasteiger partial charge in [-0.2, -0.15) is 0 Å². The van der Waals surface area contributed by atoms with Gasteiger partial charge in [-0.3, -0.25) is 0 Å². The summed E-state index contributed by atoms with van der Waals surface area (Å²) in [6.07, 6.45) is 4.66. The summed E-state index contributed by atoms with van der Waals surface area (Å²) < 4.78 is 1.26. The molecule has 8 aromatic rings. The van der Waals surface area contributed by atoms with E-state index >= 15 is 0 Å². The molecule has 0 radical (unpaired) electrons. The highest BCUT2D eigenvalue weighted by molar-refractivity contribution is 7.17. The lowest BCUT2D eigenvalue weighted by Gasteiger charge is -2.48. The second-order valence-electron chi connectivity index (χ2n) is 32.4. The monoisotopic (exact) mass is 1140 g/mol. The van der Waals surface area contributed by atoms with Crippen LogP contribution in [0.3, 0.4) is 0 Å². The summed E-state index contributed by atoms with van der Waals surface area (Å²) in [4.78, 5) is 5.03. The van der Waals surface area contributed by atoms with Gasteiger partial charge in [0, 0.05) is 43.2 Å². The van der Waals surface area contributed by atoms with Crippen molar-refractivity contribution in [1.82, 2.24) is 0 Å². The van der Waals surface area contributed by atoms with Crippen molar-refractivity contribution in [3.05, 3.63) is 198 Å². The molecule has 1 aromatic heterocycles. The maximum Gasteiger partial charge on any atom is 0.0887 e. The Labute approximate surface area is 510 Å². The number of thiophene rings is 1. The van der Waals surface area contributed by atoms with Crippen molar-refractivity contribution in [1.29, 1.82) is 0 Å². The van der Waals surface area contributed by atoms with Crippen molar-refractivity contribution in [3.63, 3.8) is 0 Å². The van der Waals surface area contributed by atoms with Gasteiger partial charge < -0.3 is 9.80 Å². The highest BCUT2D eigenvalue weighted by Crippen LogP contribution is 2.58. The Kier molecular flexibility index (Phi) is 13.9. The first-order valence-electron chi connectivity index (χ1n) is 31.0. The Morgan fingerprint density at radius 1 is 0.386 bits per heavy atom. The average Bonchev–Trinajstić information content (AvgIpc) is 1.13. The number of fused-ring (bicyclic) bond motifs is 5. The van der Waals surface area contributed by atoms with Gasteiger partial charge in [0.05, 0.1) is 27.8 Å². The molecule has 0 unspecified atom stereocenters. The van der Waals surface area contributed by atoms with Crippen LogP contribution in [-0.4, -0.2) is 0 Å². The minimum atomic E-state index is -0.310. The van der Waals surface area contributed by atoms with E-state index in [-0.39, 0.29) is 48.7 Å². The van der Waals surface area contributed by atoms with E-state index in [4.69, 9.17) is 11.6 Å². The summed E-state index contributed by atoms with van der Waals surface area (Å²) in [5.41, 5.74) is 24.9. The van der Waals surface area contributed by atoms with Crippen molar-refractivity contribution < 1.29 is 0 Å². The molecule has 0 aliphatic heterocycles. The molecule has 83 heavy (non-hydrogen) atoms. The quantitative estimate of drug-likeness (QED) is 0.157. The normalized spacial score (nSPS) is 18.2. The molecule has 11 rings (SSSR count). The van der Waals surface area contributed by atoms with Crippen LogP contribution in [0.2, 0.25) is 5.02 Å². The smallest absolute Gasteiger partial charge is 0.0887 e. The third kappa shape index (κ3) is 10.0. The lowest BCUT2D eigenvalue weighted by Crippen LogP contribution is -2.40. The molecule has 0 fully saturated rings. The van der Waals surface area contributed by atoms with Crippen molar-refractivity contribution in [2.75, 3.05) is 9.80 Å². The SMILES string of the molecule is Cc1cc(N(c2ccc3c(c2)C(C)(C)c2cc4c(cc2C3(C)C)C(C)(C)CCC4(C)C)c2ccc(C(C)(C)C)cc2-c2ccc(C(C)(C)C)cc2)c(Cl)c(N(c2ccc3c(c2)C(C)(C)CCC3(C)C)c2csc3ccc(C(C)(C)C)cc23)c1. The topological polar surface area (TPSA) is 6.48 Å². The first-order chi connectivity index (χ1) is 38.3. The number of hydrogen-bond acceptors (Lipinski definition) is 3. The van der Waals surface area contributed by atoms with Crippen molar-refractivity contribution in [3.8, 4) is 11.1 Å². The third-order valence-corrected chi connectivity index (χ3v) is 21.9. The van der Waals surface area contributed by atoms with Gasteiger partial charge in [-0.25, -0.2) is 0 Å². The van der Waals surface area contributed by atoms with Gasteiger partial charge in [0.1, 0.15) is 0 Å². The predicted molar refractivity (Wildman–Crippen MR) is 364 cm³/mol. The highest BCUT2D eigenvalue weighted by Gasteiger charge is 2.47. The molecular formula is C79H95ClN2S. The van der Waals surface area contributed by atoms with Crippen molar-refractivity contribution in [2.24, 2.45) is 0 Å².